The average molecular weight is 428 g/mol. The molecule has 0 radical (unpaired) electrons. The van der Waals surface area contributed by atoms with E-state index < -0.39 is 18.1 Å². The zero-order valence-electron chi connectivity index (χ0n) is 16.8. The molecule has 156 valence electrons. The zero-order valence-corrected chi connectivity index (χ0v) is 17.6. The fourth-order valence-electron chi connectivity index (χ4n) is 3.57. The van der Waals surface area contributed by atoms with Gasteiger partial charge in [-0.2, -0.15) is 0 Å². The van der Waals surface area contributed by atoms with E-state index in [1.807, 2.05) is 55.5 Å². The molecule has 1 atom stereocenters. The molecular weight excluding hydrogens is 406 g/mol. The Hall–Kier alpha value is -3.45. The highest BCUT2D eigenvalue weighted by Crippen LogP contribution is 2.47. The lowest BCUT2D eigenvalue weighted by atomic mass is 9.81. The molecule has 3 rings (SSSR count). The van der Waals surface area contributed by atoms with Crippen LogP contribution in [0.1, 0.15) is 30.9 Å². The highest BCUT2D eigenvalue weighted by molar-refractivity contribution is 6.31. The highest BCUT2D eigenvalue weighted by Gasteiger charge is 2.37. The molecule has 8 heteroatoms. The Morgan fingerprint density at radius 1 is 1.03 bits per heavy atom. The van der Waals surface area contributed by atoms with E-state index in [2.05, 4.69) is 5.43 Å². The summed E-state index contributed by atoms with van der Waals surface area (Å²) < 4.78 is 10.3. The van der Waals surface area contributed by atoms with Crippen LogP contribution in [0.2, 0.25) is 5.02 Å². The Labute approximate surface area is 179 Å². The number of urea groups is 1. The lowest BCUT2D eigenvalue weighted by Gasteiger charge is -2.38. The maximum atomic E-state index is 12.1. The van der Waals surface area contributed by atoms with Crippen LogP contribution in [-0.4, -0.2) is 24.3 Å². The number of hydrogen-bond donors (Lipinski definition) is 2. The number of hydrogen-bond acceptors (Lipinski definition) is 5. The first kappa shape index (κ1) is 21.3. The summed E-state index contributed by atoms with van der Waals surface area (Å²) in [7, 11) is 1.23. The van der Waals surface area contributed by atoms with Gasteiger partial charge >= 0.3 is 12.2 Å². The highest BCUT2D eigenvalue weighted by atomic mass is 35.5. The summed E-state index contributed by atoms with van der Waals surface area (Å²) in [6.45, 7) is 3.56. The molecule has 0 saturated heterocycles. The standard InChI is InChI=1S/C22H22ClN3O4/c1-13-18(15-9-5-4-6-10-15)19(16-11-7-8-12-17(16)23)20(30-22(28)29-3)14(2)26(13)25-21(24)27/h4-12,19H,1-3H3,(H3,24,25,27). The minimum atomic E-state index is -0.882. The van der Waals surface area contributed by atoms with Crippen LogP contribution in [0.5, 0.6) is 0 Å². The number of halogens is 1. The van der Waals surface area contributed by atoms with E-state index >= 15 is 0 Å². The van der Waals surface area contributed by atoms with Crippen molar-refractivity contribution in [2.75, 3.05) is 7.11 Å². The molecule has 2 amide bonds. The van der Waals surface area contributed by atoms with Crippen molar-refractivity contribution in [3.63, 3.8) is 0 Å². The second kappa shape index (κ2) is 8.92. The number of nitrogens with two attached hydrogens (primary N) is 1. The summed E-state index contributed by atoms with van der Waals surface area (Å²) in [6, 6.07) is 16.1. The number of methoxy groups -OCH3 is 1. The SMILES string of the molecule is COC(=O)OC1=C(C)N(NC(N)=O)C(C)=C(c2ccccc2)C1c1ccccc1Cl. The Kier molecular flexibility index (Phi) is 6.32. The molecule has 0 aliphatic carbocycles. The molecule has 0 fully saturated rings. The van der Waals surface area contributed by atoms with Crippen LogP contribution in [0, 0.1) is 0 Å². The summed E-state index contributed by atoms with van der Waals surface area (Å²) in [5.74, 6) is -0.251. The fraction of sp³-hybridized carbons (Fsp3) is 0.182. The van der Waals surface area contributed by atoms with E-state index in [1.165, 1.54) is 12.1 Å². The molecule has 0 aromatic heterocycles. The zero-order chi connectivity index (χ0) is 21.8. The van der Waals surface area contributed by atoms with Gasteiger partial charge in [-0.05, 0) is 36.6 Å². The topological polar surface area (TPSA) is 93.9 Å². The van der Waals surface area contributed by atoms with Gasteiger partial charge in [0.15, 0.2) is 0 Å². The summed E-state index contributed by atoms with van der Waals surface area (Å²) in [5.41, 5.74) is 11.6. The molecule has 7 nitrogen and oxygen atoms in total. The lowest BCUT2D eigenvalue weighted by Crippen LogP contribution is -2.45. The number of rotatable bonds is 4. The van der Waals surface area contributed by atoms with Gasteiger partial charge in [0.2, 0.25) is 0 Å². The van der Waals surface area contributed by atoms with Gasteiger partial charge in [-0.25, -0.2) is 15.0 Å². The number of ether oxygens (including phenoxy) is 2. The number of carbonyl (C=O) groups is 2. The molecule has 1 aliphatic heterocycles. The quantitative estimate of drug-likeness (QED) is 0.685. The van der Waals surface area contributed by atoms with E-state index in [1.54, 1.807) is 13.0 Å². The maximum Gasteiger partial charge on any atom is 0.513 e. The van der Waals surface area contributed by atoms with Gasteiger partial charge in [-0.3, -0.25) is 5.01 Å². The third-order valence-electron chi connectivity index (χ3n) is 4.85. The Balaban J connectivity index is 2.31. The third kappa shape index (κ3) is 4.11. The first-order valence-corrected chi connectivity index (χ1v) is 9.56. The van der Waals surface area contributed by atoms with Gasteiger partial charge in [0, 0.05) is 10.7 Å². The van der Waals surface area contributed by atoms with Crippen molar-refractivity contribution in [3.8, 4) is 0 Å². The molecule has 2 aromatic rings. The number of nitrogens with one attached hydrogen (secondary N) is 1. The van der Waals surface area contributed by atoms with E-state index in [9.17, 15) is 9.59 Å². The van der Waals surface area contributed by atoms with E-state index in [4.69, 9.17) is 26.8 Å². The molecule has 30 heavy (non-hydrogen) atoms. The van der Waals surface area contributed by atoms with Crippen molar-refractivity contribution in [2.45, 2.75) is 19.8 Å². The molecule has 0 bridgehead atoms. The number of benzene rings is 2. The van der Waals surface area contributed by atoms with Gasteiger partial charge < -0.3 is 15.2 Å². The predicted octanol–water partition coefficient (Wildman–Crippen LogP) is 4.77. The Bertz CT molecular complexity index is 1030. The Morgan fingerprint density at radius 2 is 1.67 bits per heavy atom. The Morgan fingerprint density at radius 3 is 2.27 bits per heavy atom. The number of nitrogens with zero attached hydrogens (tertiary/aromatic N) is 1. The number of hydrazine groups is 1. The molecule has 3 N–H and O–H groups in total. The van der Waals surface area contributed by atoms with Gasteiger partial charge in [0.05, 0.1) is 18.7 Å². The van der Waals surface area contributed by atoms with E-state index in [0.29, 0.717) is 16.4 Å². The van der Waals surface area contributed by atoms with Crippen LogP contribution in [0.4, 0.5) is 9.59 Å². The lowest BCUT2D eigenvalue weighted by molar-refractivity contribution is 0.0901. The summed E-state index contributed by atoms with van der Waals surface area (Å²) in [6.07, 6.45) is -0.882. The molecule has 0 saturated carbocycles. The van der Waals surface area contributed by atoms with Crippen molar-refractivity contribution in [1.82, 2.24) is 10.4 Å². The second-order valence-electron chi connectivity index (χ2n) is 6.64. The number of carbonyl (C=O) groups excluding carboxylic acids is 2. The number of amides is 2. The van der Waals surface area contributed by atoms with Gasteiger partial charge in [-0.15, -0.1) is 0 Å². The predicted molar refractivity (Wildman–Crippen MR) is 114 cm³/mol. The molecule has 1 unspecified atom stereocenters. The van der Waals surface area contributed by atoms with Gasteiger partial charge in [-0.1, -0.05) is 60.1 Å². The normalized spacial score (nSPS) is 16.4. The number of primary amides is 1. The van der Waals surface area contributed by atoms with Gasteiger partial charge in [0.1, 0.15) is 5.76 Å². The minimum absolute atomic E-state index is 0.271. The molecule has 1 aliphatic rings. The van der Waals surface area contributed by atoms with Crippen LogP contribution in [0.3, 0.4) is 0 Å². The van der Waals surface area contributed by atoms with Crippen molar-refractivity contribution >= 4 is 29.4 Å². The van der Waals surface area contributed by atoms with Crippen LogP contribution < -0.4 is 11.2 Å². The van der Waals surface area contributed by atoms with Crippen molar-refractivity contribution < 1.29 is 19.1 Å². The van der Waals surface area contributed by atoms with E-state index in [0.717, 1.165) is 16.7 Å². The van der Waals surface area contributed by atoms with Crippen molar-refractivity contribution in [2.24, 2.45) is 5.73 Å². The van der Waals surface area contributed by atoms with Crippen LogP contribution >= 0.6 is 11.6 Å². The number of allylic oxidation sites excluding steroid dienone is 3. The summed E-state index contributed by atoms with van der Waals surface area (Å²) in [5, 5.41) is 2.01. The molecule has 2 aromatic carbocycles. The van der Waals surface area contributed by atoms with Crippen LogP contribution in [0.15, 0.2) is 71.8 Å². The van der Waals surface area contributed by atoms with Crippen molar-refractivity contribution in [3.05, 3.63) is 87.9 Å². The average Bonchev–Trinajstić information content (AvgIpc) is 2.73. The summed E-state index contributed by atoms with van der Waals surface area (Å²) in [4.78, 5) is 23.7. The third-order valence-corrected chi connectivity index (χ3v) is 5.20. The molecule has 0 spiro atoms. The van der Waals surface area contributed by atoms with Gasteiger partial charge in [0.25, 0.3) is 0 Å². The van der Waals surface area contributed by atoms with Crippen molar-refractivity contribution in [1.29, 1.82) is 0 Å². The second-order valence-corrected chi connectivity index (χ2v) is 7.04. The molecule has 1 heterocycles. The monoisotopic (exact) mass is 427 g/mol. The van der Waals surface area contributed by atoms with Crippen LogP contribution in [-0.2, 0) is 9.47 Å². The smallest absolute Gasteiger partial charge is 0.437 e. The first-order valence-electron chi connectivity index (χ1n) is 9.18. The fourth-order valence-corrected chi connectivity index (χ4v) is 3.82. The largest absolute Gasteiger partial charge is 0.513 e. The molecular formula is C22H22ClN3O4. The van der Waals surface area contributed by atoms with E-state index in [-0.39, 0.29) is 5.76 Å². The first-order chi connectivity index (χ1) is 14.3. The summed E-state index contributed by atoms with van der Waals surface area (Å²) >= 11 is 6.54. The maximum absolute atomic E-state index is 12.1. The minimum Gasteiger partial charge on any atom is -0.437 e. The van der Waals surface area contributed by atoms with Crippen LogP contribution in [0.25, 0.3) is 5.57 Å².